The zero-order valence-electron chi connectivity index (χ0n) is 16.8. The molecule has 30 heavy (non-hydrogen) atoms. The van der Waals surface area contributed by atoms with Crippen molar-refractivity contribution in [2.75, 3.05) is 0 Å². The molecule has 0 N–H and O–H groups in total. The smallest absolute Gasteiger partial charge is 0.141 e. The van der Waals surface area contributed by atoms with Gasteiger partial charge in [0, 0.05) is 28.6 Å². The van der Waals surface area contributed by atoms with E-state index in [-0.39, 0.29) is 0 Å². The van der Waals surface area contributed by atoms with E-state index in [2.05, 4.69) is 107 Å². The van der Waals surface area contributed by atoms with Gasteiger partial charge in [-0.3, -0.25) is 0 Å². The zero-order chi connectivity index (χ0) is 20.1. The summed E-state index contributed by atoms with van der Waals surface area (Å²) in [5.74, 6) is 1.02. The first kappa shape index (κ1) is 17.0. The van der Waals surface area contributed by atoms with Crippen LogP contribution in [0.4, 0.5) is 0 Å². The summed E-state index contributed by atoms with van der Waals surface area (Å²) in [5.41, 5.74) is 6.98. The third-order valence-corrected chi connectivity index (χ3v) is 5.93. The van der Waals surface area contributed by atoms with E-state index in [1.54, 1.807) is 0 Å². The van der Waals surface area contributed by atoms with Crippen LogP contribution >= 0.6 is 0 Å². The van der Waals surface area contributed by atoms with Crippen LogP contribution in [0, 0.1) is 0 Å². The SMILES string of the molecule is CCn1c(-c2ccc(-n3c4ccccc4c4ccccc43)cc2)nc2ccccc21. The molecule has 3 nitrogen and oxygen atoms in total. The van der Waals surface area contributed by atoms with Crippen LogP contribution in [0.15, 0.2) is 97.1 Å². The average molecular weight is 387 g/mol. The number of aromatic nitrogens is 3. The lowest BCUT2D eigenvalue weighted by Gasteiger charge is -2.10. The van der Waals surface area contributed by atoms with E-state index in [1.165, 1.54) is 27.3 Å². The molecule has 0 unspecified atom stereocenters. The van der Waals surface area contributed by atoms with Crippen molar-refractivity contribution in [2.45, 2.75) is 13.5 Å². The summed E-state index contributed by atoms with van der Waals surface area (Å²) in [7, 11) is 0. The van der Waals surface area contributed by atoms with Gasteiger partial charge in [-0.1, -0.05) is 48.5 Å². The molecular formula is C27H21N3. The lowest BCUT2D eigenvalue weighted by Crippen LogP contribution is -1.98. The molecule has 3 heteroatoms. The maximum Gasteiger partial charge on any atom is 0.141 e. The molecule has 0 saturated carbocycles. The number of hydrogen-bond acceptors (Lipinski definition) is 1. The molecule has 4 aromatic carbocycles. The second kappa shape index (κ2) is 6.60. The molecule has 0 atom stereocenters. The molecule has 0 aliphatic carbocycles. The quantitative estimate of drug-likeness (QED) is 0.327. The first-order valence-electron chi connectivity index (χ1n) is 10.4. The number of hydrogen-bond donors (Lipinski definition) is 0. The van der Waals surface area contributed by atoms with Crippen molar-refractivity contribution in [1.82, 2.24) is 14.1 Å². The Labute approximate surface area is 174 Å². The minimum atomic E-state index is 0.893. The van der Waals surface area contributed by atoms with Gasteiger partial charge in [-0.05, 0) is 55.5 Å². The fraction of sp³-hybridized carbons (Fsp3) is 0.0741. The first-order valence-corrected chi connectivity index (χ1v) is 10.4. The molecule has 0 radical (unpaired) electrons. The Morgan fingerprint density at radius 3 is 1.83 bits per heavy atom. The van der Waals surface area contributed by atoms with Crippen molar-refractivity contribution in [3.05, 3.63) is 97.1 Å². The van der Waals surface area contributed by atoms with E-state index < -0.39 is 0 Å². The zero-order valence-corrected chi connectivity index (χ0v) is 16.8. The van der Waals surface area contributed by atoms with E-state index in [0.29, 0.717) is 0 Å². The van der Waals surface area contributed by atoms with E-state index in [1.807, 2.05) is 6.07 Å². The fourth-order valence-electron chi connectivity index (χ4n) is 4.58. The predicted molar refractivity (Wildman–Crippen MR) is 125 cm³/mol. The van der Waals surface area contributed by atoms with E-state index in [4.69, 9.17) is 4.98 Å². The van der Waals surface area contributed by atoms with Crippen LogP contribution in [-0.4, -0.2) is 14.1 Å². The fourth-order valence-corrected chi connectivity index (χ4v) is 4.58. The van der Waals surface area contributed by atoms with E-state index in [9.17, 15) is 0 Å². The van der Waals surface area contributed by atoms with Gasteiger partial charge in [0.25, 0.3) is 0 Å². The van der Waals surface area contributed by atoms with Crippen LogP contribution in [0.2, 0.25) is 0 Å². The maximum absolute atomic E-state index is 4.90. The lowest BCUT2D eigenvalue weighted by molar-refractivity contribution is 0.796. The molecule has 6 rings (SSSR count). The largest absolute Gasteiger partial charge is 0.324 e. The van der Waals surface area contributed by atoms with Crippen molar-refractivity contribution in [3.63, 3.8) is 0 Å². The van der Waals surface area contributed by atoms with Gasteiger partial charge in [-0.25, -0.2) is 4.98 Å². The van der Waals surface area contributed by atoms with Crippen LogP contribution in [0.3, 0.4) is 0 Å². The Morgan fingerprint density at radius 1 is 0.633 bits per heavy atom. The molecule has 0 aliphatic heterocycles. The van der Waals surface area contributed by atoms with Gasteiger partial charge >= 0.3 is 0 Å². The maximum atomic E-state index is 4.90. The monoisotopic (exact) mass is 387 g/mol. The van der Waals surface area contributed by atoms with Crippen molar-refractivity contribution >= 4 is 32.8 Å². The van der Waals surface area contributed by atoms with Crippen LogP contribution in [0.5, 0.6) is 0 Å². The average Bonchev–Trinajstić information content (AvgIpc) is 3.35. The number of aryl methyl sites for hydroxylation is 1. The van der Waals surface area contributed by atoms with Crippen LogP contribution in [-0.2, 0) is 6.54 Å². The number of rotatable bonds is 3. The second-order valence-electron chi connectivity index (χ2n) is 7.58. The minimum absolute atomic E-state index is 0.893. The van der Waals surface area contributed by atoms with Gasteiger partial charge in [0.1, 0.15) is 5.82 Å². The summed E-state index contributed by atoms with van der Waals surface area (Å²) < 4.78 is 4.63. The second-order valence-corrected chi connectivity index (χ2v) is 7.58. The molecule has 0 bridgehead atoms. The standard InChI is InChI=1S/C27H21N3/c1-2-29-26-14-8-5-11-23(26)28-27(29)19-15-17-20(18-16-19)30-24-12-6-3-9-21(24)22-10-4-7-13-25(22)30/h3-18H,2H2,1H3. The summed E-state index contributed by atoms with van der Waals surface area (Å²) in [6.07, 6.45) is 0. The Bertz CT molecular complexity index is 1460. The molecule has 0 saturated heterocycles. The highest BCUT2D eigenvalue weighted by Crippen LogP contribution is 2.32. The third-order valence-electron chi connectivity index (χ3n) is 5.93. The van der Waals surface area contributed by atoms with Crippen molar-refractivity contribution in [2.24, 2.45) is 0 Å². The van der Waals surface area contributed by atoms with Crippen molar-refractivity contribution in [1.29, 1.82) is 0 Å². The third kappa shape index (κ3) is 2.42. The Hall–Kier alpha value is -3.85. The van der Waals surface area contributed by atoms with E-state index >= 15 is 0 Å². The highest BCUT2D eigenvalue weighted by atomic mass is 15.1. The molecule has 0 aliphatic rings. The summed E-state index contributed by atoms with van der Waals surface area (Å²) in [6.45, 7) is 3.06. The Balaban J connectivity index is 1.53. The normalized spacial score (nSPS) is 11.6. The number of nitrogens with zero attached hydrogens (tertiary/aromatic N) is 3. The molecule has 0 amide bonds. The van der Waals surface area contributed by atoms with Gasteiger partial charge in [0.05, 0.1) is 22.1 Å². The Kier molecular flexibility index (Phi) is 3.75. The van der Waals surface area contributed by atoms with Crippen LogP contribution in [0.25, 0.3) is 49.9 Å². The molecule has 144 valence electrons. The van der Waals surface area contributed by atoms with Crippen molar-refractivity contribution < 1.29 is 0 Å². The van der Waals surface area contributed by atoms with Crippen molar-refractivity contribution in [3.8, 4) is 17.1 Å². The highest BCUT2D eigenvalue weighted by molar-refractivity contribution is 6.09. The van der Waals surface area contributed by atoms with Gasteiger partial charge in [-0.15, -0.1) is 0 Å². The highest BCUT2D eigenvalue weighted by Gasteiger charge is 2.13. The summed E-state index contributed by atoms with van der Waals surface area (Å²) in [6, 6.07) is 34.3. The molecule has 0 fully saturated rings. The van der Waals surface area contributed by atoms with Gasteiger partial charge in [0.2, 0.25) is 0 Å². The van der Waals surface area contributed by atoms with Crippen LogP contribution < -0.4 is 0 Å². The number of para-hydroxylation sites is 4. The van der Waals surface area contributed by atoms with E-state index in [0.717, 1.165) is 29.1 Å². The number of benzene rings is 4. The summed E-state index contributed by atoms with van der Waals surface area (Å²) >= 11 is 0. The molecular weight excluding hydrogens is 366 g/mol. The first-order chi connectivity index (χ1) is 14.8. The van der Waals surface area contributed by atoms with Gasteiger partial charge in [0.15, 0.2) is 0 Å². The van der Waals surface area contributed by atoms with Crippen LogP contribution in [0.1, 0.15) is 6.92 Å². The molecule has 6 aromatic rings. The Morgan fingerprint density at radius 2 is 1.20 bits per heavy atom. The van der Waals surface area contributed by atoms with Gasteiger partial charge in [-0.2, -0.15) is 0 Å². The summed E-state index contributed by atoms with van der Waals surface area (Å²) in [4.78, 5) is 4.90. The van der Waals surface area contributed by atoms with Gasteiger partial charge < -0.3 is 9.13 Å². The summed E-state index contributed by atoms with van der Waals surface area (Å²) in [5, 5.41) is 2.56. The number of imidazole rings is 1. The molecule has 2 aromatic heterocycles. The lowest BCUT2D eigenvalue weighted by atomic mass is 10.2. The molecule has 2 heterocycles. The predicted octanol–water partition coefficient (Wildman–Crippen LogP) is 6.82. The molecule has 0 spiro atoms. The topological polar surface area (TPSA) is 22.8 Å². The minimum Gasteiger partial charge on any atom is -0.324 e. The number of fused-ring (bicyclic) bond motifs is 4.